The zero-order valence-corrected chi connectivity index (χ0v) is 15.7. The number of hydrogen-bond acceptors (Lipinski definition) is 4. The van der Waals surface area contributed by atoms with E-state index in [9.17, 15) is 18.8 Å². The van der Waals surface area contributed by atoms with Crippen LogP contribution in [0.15, 0.2) is 77.7 Å². The second-order valence-electron chi connectivity index (χ2n) is 6.29. The number of amides is 1. The molecule has 1 N–H and O–H groups in total. The lowest BCUT2D eigenvalue weighted by Gasteiger charge is -2.18. The summed E-state index contributed by atoms with van der Waals surface area (Å²) in [6.45, 7) is 0.164. The number of aromatic nitrogens is 1. The number of Topliss-reactive ketones (excluding diaryl/α,β-unsaturated/α-hetero) is 1. The Morgan fingerprint density at radius 1 is 1.03 bits per heavy atom. The summed E-state index contributed by atoms with van der Waals surface area (Å²) in [6.07, 6.45) is 1.38. The minimum Gasteiger partial charge on any atom is -0.497 e. The number of ketones is 1. The summed E-state index contributed by atoms with van der Waals surface area (Å²) in [4.78, 5) is 38.1. The fourth-order valence-electron chi connectivity index (χ4n) is 2.83. The molecule has 148 valence electrons. The van der Waals surface area contributed by atoms with Gasteiger partial charge in [0.1, 0.15) is 11.6 Å². The lowest BCUT2D eigenvalue weighted by molar-refractivity contribution is -0.123. The molecule has 0 spiro atoms. The van der Waals surface area contributed by atoms with Gasteiger partial charge in [-0.3, -0.25) is 19.0 Å². The van der Waals surface area contributed by atoms with Gasteiger partial charge in [-0.15, -0.1) is 0 Å². The van der Waals surface area contributed by atoms with Crippen LogP contribution >= 0.6 is 0 Å². The predicted molar refractivity (Wildman–Crippen MR) is 105 cm³/mol. The Hall–Kier alpha value is -3.74. The molecule has 0 saturated heterocycles. The quantitative estimate of drug-likeness (QED) is 0.494. The van der Waals surface area contributed by atoms with Gasteiger partial charge in [-0.05, 0) is 48.0 Å². The van der Waals surface area contributed by atoms with E-state index < -0.39 is 29.1 Å². The van der Waals surface area contributed by atoms with Crippen molar-refractivity contribution in [3.05, 3.63) is 100 Å². The summed E-state index contributed by atoms with van der Waals surface area (Å²) in [5.41, 5.74) is 0.437. The normalized spacial score (nSPS) is 11.5. The summed E-state index contributed by atoms with van der Waals surface area (Å²) < 4.78 is 19.4. The summed E-state index contributed by atoms with van der Waals surface area (Å²) in [7, 11) is 1.56. The zero-order chi connectivity index (χ0) is 20.8. The third-order valence-electron chi connectivity index (χ3n) is 4.38. The van der Waals surface area contributed by atoms with Gasteiger partial charge >= 0.3 is 0 Å². The molecular weight excluding hydrogens is 375 g/mol. The van der Waals surface area contributed by atoms with Crippen molar-refractivity contribution in [1.82, 2.24) is 9.88 Å². The third kappa shape index (κ3) is 4.76. The molecule has 1 unspecified atom stereocenters. The standard InChI is InChI=1S/C22H19FN2O4/c1-29-18-11-5-15(6-12-18)14-24-22(28)20(25-13-3-2-4-19(25)26)21(27)16-7-9-17(23)10-8-16/h2-13,20H,14H2,1H3,(H,24,28). The van der Waals surface area contributed by atoms with Gasteiger partial charge in [-0.25, -0.2) is 4.39 Å². The van der Waals surface area contributed by atoms with E-state index in [0.717, 1.165) is 22.3 Å². The van der Waals surface area contributed by atoms with Gasteiger partial charge in [0, 0.05) is 24.4 Å². The number of rotatable bonds is 7. The molecule has 1 aromatic heterocycles. The number of carbonyl (C=O) groups excluding carboxylic acids is 2. The van der Waals surface area contributed by atoms with Crippen molar-refractivity contribution in [3.63, 3.8) is 0 Å². The van der Waals surface area contributed by atoms with Gasteiger partial charge in [0.05, 0.1) is 7.11 Å². The number of nitrogens with one attached hydrogen (secondary N) is 1. The molecule has 0 aliphatic heterocycles. The highest BCUT2D eigenvalue weighted by molar-refractivity contribution is 6.11. The average molecular weight is 394 g/mol. The van der Waals surface area contributed by atoms with E-state index in [1.165, 1.54) is 30.5 Å². The predicted octanol–water partition coefficient (Wildman–Crippen LogP) is 2.74. The van der Waals surface area contributed by atoms with Crippen molar-refractivity contribution in [1.29, 1.82) is 0 Å². The number of methoxy groups -OCH3 is 1. The van der Waals surface area contributed by atoms with Gasteiger partial charge in [0.2, 0.25) is 0 Å². The monoisotopic (exact) mass is 394 g/mol. The van der Waals surface area contributed by atoms with Crippen molar-refractivity contribution < 1.29 is 18.7 Å². The molecule has 29 heavy (non-hydrogen) atoms. The molecule has 0 fully saturated rings. The highest BCUT2D eigenvalue weighted by Crippen LogP contribution is 2.16. The maximum atomic E-state index is 13.2. The van der Waals surface area contributed by atoms with Crippen LogP contribution in [-0.2, 0) is 11.3 Å². The van der Waals surface area contributed by atoms with Gasteiger partial charge in [0.15, 0.2) is 11.8 Å². The van der Waals surface area contributed by atoms with Crippen LogP contribution in [0.5, 0.6) is 5.75 Å². The van der Waals surface area contributed by atoms with Crippen molar-refractivity contribution in [2.24, 2.45) is 0 Å². The second kappa shape index (κ2) is 8.97. The minimum absolute atomic E-state index is 0.131. The summed E-state index contributed by atoms with van der Waals surface area (Å²) in [5.74, 6) is -1.06. The molecule has 2 aromatic carbocycles. The maximum absolute atomic E-state index is 13.2. The molecular formula is C22H19FN2O4. The van der Waals surface area contributed by atoms with Crippen molar-refractivity contribution in [2.75, 3.05) is 7.11 Å². The Bertz CT molecular complexity index is 1060. The van der Waals surface area contributed by atoms with Crippen molar-refractivity contribution in [3.8, 4) is 5.75 Å². The SMILES string of the molecule is COc1ccc(CNC(=O)C(C(=O)c2ccc(F)cc2)n2ccccc2=O)cc1. The molecule has 0 radical (unpaired) electrons. The minimum atomic E-state index is -1.41. The van der Waals surface area contributed by atoms with Gasteiger partial charge < -0.3 is 10.1 Å². The molecule has 0 aliphatic rings. The van der Waals surface area contributed by atoms with Crippen LogP contribution in [0.4, 0.5) is 4.39 Å². The highest BCUT2D eigenvalue weighted by Gasteiger charge is 2.30. The van der Waals surface area contributed by atoms with Crippen LogP contribution in [0.25, 0.3) is 0 Å². The Morgan fingerprint density at radius 2 is 1.72 bits per heavy atom. The first-order valence-electron chi connectivity index (χ1n) is 8.87. The number of benzene rings is 2. The fraction of sp³-hybridized carbons (Fsp3) is 0.136. The second-order valence-corrected chi connectivity index (χ2v) is 6.29. The van der Waals surface area contributed by atoms with E-state index in [1.54, 1.807) is 37.4 Å². The molecule has 3 rings (SSSR count). The van der Waals surface area contributed by atoms with E-state index in [-0.39, 0.29) is 12.1 Å². The van der Waals surface area contributed by atoms with Crippen LogP contribution in [-0.4, -0.2) is 23.4 Å². The number of halogens is 1. The van der Waals surface area contributed by atoms with Crippen LogP contribution in [0, 0.1) is 5.82 Å². The van der Waals surface area contributed by atoms with E-state index in [2.05, 4.69) is 5.32 Å². The summed E-state index contributed by atoms with van der Waals surface area (Å²) in [6, 6.07) is 14.8. The van der Waals surface area contributed by atoms with Crippen LogP contribution in [0.1, 0.15) is 22.0 Å². The van der Waals surface area contributed by atoms with Gasteiger partial charge in [-0.1, -0.05) is 18.2 Å². The summed E-state index contributed by atoms with van der Waals surface area (Å²) >= 11 is 0. The molecule has 1 amide bonds. The van der Waals surface area contributed by atoms with E-state index in [1.807, 2.05) is 0 Å². The third-order valence-corrected chi connectivity index (χ3v) is 4.38. The molecule has 0 saturated carbocycles. The molecule has 6 nitrogen and oxygen atoms in total. The largest absolute Gasteiger partial charge is 0.497 e. The maximum Gasteiger partial charge on any atom is 0.251 e. The number of nitrogens with zero attached hydrogens (tertiary/aromatic N) is 1. The van der Waals surface area contributed by atoms with Crippen molar-refractivity contribution >= 4 is 11.7 Å². The van der Waals surface area contributed by atoms with Gasteiger partial charge in [0.25, 0.3) is 11.5 Å². The Kier molecular flexibility index (Phi) is 6.19. The topological polar surface area (TPSA) is 77.4 Å². The Labute approximate surface area is 166 Å². The molecule has 1 atom stereocenters. The Balaban J connectivity index is 1.86. The molecule has 1 heterocycles. The number of ether oxygens (including phenoxy) is 1. The summed E-state index contributed by atoms with van der Waals surface area (Å²) in [5, 5.41) is 2.69. The number of carbonyl (C=O) groups is 2. The molecule has 7 heteroatoms. The average Bonchev–Trinajstić information content (AvgIpc) is 2.74. The lowest BCUT2D eigenvalue weighted by Crippen LogP contribution is -2.41. The lowest BCUT2D eigenvalue weighted by atomic mass is 10.0. The van der Waals surface area contributed by atoms with Crippen LogP contribution < -0.4 is 15.6 Å². The molecule has 0 aliphatic carbocycles. The highest BCUT2D eigenvalue weighted by atomic mass is 19.1. The van der Waals surface area contributed by atoms with E-state index in [0.29, 0.717) is 5.75 Å². The van der Waals surface area contributed by atoms with E-state index >= 15 is 0 Å². The Morgan fingerprint density at radius 3 is 2.34 bits per heavy atom. The first-order chi connectivity index (χ1) is 14.0. The van der Waals surface area contributed by atoms with E-state index in [4.69, 9.17) is 4.74 Å². The van der Waals surface area contributed by atoms with Crippen molar-refractivity contribution in [2.45, 2.75) is 12.6 Å². The first-order valence-corrected chi connectivity index (χ1v) is 8.87. The zero-order valence-electron chi connectivity index (χ0n) is 15.7. The number of hydrogen-bond donors (Lipinski definition) is 1. The number of pyridine rings is 1. The molecule has 3 aromatic rings. The smallest absolute Gasteiger partial charge is 0.251 e. The first kappa shape index (κ1) is 20.0. The van der Waals surface area contributed by atoms with Gasteiger partial charge in [-0.2, -0.15) is 0 Å². The van der Waals surface area contributed by atoms with Crippen LogP contribution in [0.2, 0.25) is 0 Å². The fourth-order valence-corrected chi connectivity index (χ4v) is 2.83. The van der Waals surface area contributed by atoms with Crippen LogP contribution in [0.3, 0.4) is 0 Å². The molecule has 0 bridgehead atoms.